The van der Waals surface area contributed by atoms with Gasteiger partial charge in [0, 0.05) is 12.5 Å². The number of rotatable bonds is 6. The fourth-order valence-corrected chi connectivity index (χ4v) is 2.30. The average molecular weight is 339 g/mol. The van der Waals surface area contributed by atoms with Crippen LogP contribution in [0.1, 0.15) is 19.3 Å². The minimum absolute atomic E-state index is 0. The molecule has 22 heavy (non-hydrogen) atoms. The van der Waals surface area contributed by atoms with Crippen molar-refractivity contribution < 1.29 is 22.7 Å². The summed E-state index contributed by atoms with van der Waals surface area (Å²) in [5.41, 5.74) is 0.0475. The Labute approximate surface area is 132 Å². The van der Waals surface area contributed by atoms with E-state index in [0.29, 0.717) is 5.92 Å². The average Bonchev–Trinajstić information content (AvgIpc) is 2.92. The lowest BCUT2D eigenvalue weighted by molar-refractivity contribution is -0.116. The summed E-state index contributed by atoms with van der Waals surface area (Å²) in [6.07, 6.45) is 2.05. The number of carbonyl (C=O) groups excluding carboxylic acids is 1. The Kier molecular flexibility index (Phi) is 7.47. The lowest BCUT2D eigenvalue weighted by Gasteiger charge is -2.13. The molecule has 0 spiro atoms. The Bertz CT molecular complexity index is 497. The van der Waals surface area contributed by atoms with Gasteiger partial charge in [0.25, 0.3) is 0 Å². The second kappa shape index (κ2) is 8.85. The molecule has 1 aromatic carbocycles. The number of nitrogens with one attached hydrogen (secondary N) is 2. The molecule has 2 N–H and O–H groups in total. The normalized spacial score (nSPS) is 17.2. The maximum absolute atomic E-state index is 13.0. The molecule has 8 heteroatoms. The second-order valence-electron chi connectivity index (χ2n) is 4.96. The Balaban J connectivity index is 0.00000242. The number of carbonyl (C=O) groups is 1. The summed E-state index contributed by atoms with van der Waals surface area (Å²) in [5.74, 6) is -0.921. The van der Waals surface area contributed by atoms with Crippen molar-refractivity contribution >= 4 is 24.0 Å². The fourth-order valence-electron chi connectivity index (χ4n) is 2.30. The molecule has 1 aliphatic heterocycles. The topological polar surface area (TPSA) is 50.4 Å². The number of benzene rings is 1. The quantitative estimate of drug-likeness (QED) is 0.837. The van der Waals surface area contributed by atoms with Crippen LogP contribution in [-0.4, -0.2) is 25.6 Å². The van der Waals surface area contributed by atoms with Crippen LogP contribution in [0.2, 0.25) is 0 Å². The zero-order valence-electron chi connectivity index (χ0n) is 11.8. The molecule has 124 valence electrons. The van der Waals surface area contributed by atoms with E-state index in [4.69, 9.17) is 0 Å². The lowest BCUT2D eigenvalue weighted by Crippen LogP contribution is -2.16. The van der Waals surface area contributed by atoms with Gasteiger partial charge in [0.15, 0.2) is 5.75 Å². The lowest BCUT2D eigenvalue weighted by atomic mass is 10.0. The highest BCUT2D eigenvalue weighted by molar-refractivity contribution is 5.92. The van der Waals surface area contributed by atoms with Crippen LogP contribution in [0.4, 0.5) is 18.9 Å². The van der Waals surface area contributed by atoms with E-state index >= 15 is 0 Å². The van der Waals surface area contributed by atoms with Gasteiger partial charge in [-0.25, -0.2) is 4.39 Å². The molecule has 0 aliphatic carbocycles. The first-order valence-electron chi connectivity index (χ1n) is 6.79. The molecule has 1 heterocycles. The Morgan fingerprint density at radius 1 is 1.45 bits per heavy atom. The van der Waals surface area contributed by atoms with Crippen molar-refractivity contribution in [1.29, 1.82) is 0 Å². The number of hydrogen-bond acceptors (Lipinski definition) is 3. The first-order chi connectivity index (χ1) is 10.0. The van der Waals surface area contributed by atoms with Crippen LogP contribution in [0.3, 0.4) is 0 Å². The molecule has 1 fully saturated rings. The third kappa shape index (κ3) is 5.73. The van der Waals surface area contributed by atoms with Crippen molar-refractivity contribution in [2.45, 2.75) is 25.9 Å². The number of halogens is 4. The number of ether oxygens (including phenoxy) is 1. The fraction of sp³-hybridized carbons (Fsp3) is 0.500. The van der Waals surface area contributed by atoms with E-state index in [0.717, 1.165) is 38.1 Å². The number of alkyl halides is 2. The van der Waals surface area contributed by atoms with Crippen molar-refractivity contribution in [2.24, 2.45) is 5.92 Å². The maximum Gasteiger partial charge on any atom is 0.387 e. The molecule has 4 nitrogen and oxygen atoms in total. The Hall–Kier alpha value is -1.47. The van der Waals surface area contributed by atoms with Crippen molar-refractivity contribution in [1.82, 2.24) is 5.32 Å². The van der Waals surface area contributed by atoms with Crippen molar-refractivity contribution in [3.8, 4) is 5.75 Å². The smallest absolute Gasteiger partial charge is 0.387 e. The van der Waals surface area contributed by atoms with Gasteiger partial charge in [-0.2, -0.15) is 8.78 Å². The van der Waals surface area contributed by atoms with Gasteiger partial charge < -0.3 is 15.4 Å². The van der Waals surface area contributed by atoms with Crippen LogP contribution in [0.5, 0.6) is 5.75 Å². The molecule has 1 aliphatic rings. The first-order valence-corrected chi connectivity index (χ1v) is 6.79. The minimum atomic E-state index is -3.08. The van der Waals surface area contributed by atoms with E-state index in [-0.39, 0.29) is 36.2 Å². The van der Waals surface area contributed by atoms with Crippen molar-refractivity contribution in [3.05, 3.63) is 24.0 Å². The minimum Gasteiger partial charge on any atom is -0.432 e. The zero-order valence-corrected chi connectivity index (χ0v) is 12.6. The van der Waals surface area contributed by atoms with Gasteiger partial charge in [-0.05, 0) is 44.0 Å². The standard InChI is InChI=1S/C14H17F3N2O2.ClH/c15-10-2-3-11(12(7-10)21-14(16)17)19-13(20)4-1-9-5-6-18-8-9;/h2-3,7,9,14,18H,1,4-6,8H2,(H,19,20);1H. The van der Waals surface area contributed by atoms with Crippen LogP contribution in [0.15, 0.2) is 18.2 Å². The number of hydrogen-bond donors (Lipinski definition) is 2. The highest BCUT2D eigenvalue weighted by Gasteiger charge is 2.17. The monoisotopic (exact) mass is 338 g/mol. The molecule has 0 aromatic heterocycles. The van der Waals surface area contributed by atoms with Crippen LogP contribution in [-0.2, 0) is 4.79 Å². The third-order valence-corrected chi connectivity index (χ3v) is 3.38. The Morgan fingerprint density at radius 2 is 2.23 bits per heavy atom. The summed E-state index contributed by atoms with van der Waals surface area (Å²) in [4.78, 5) is 11.8. The summed E-state index contributed by atoms with van der Waals surface area (Å²) >= 11 is 0. The molecule has 1 unspecified atom stereocenters. The molecular weight excluding hydrogens is 321 g/mol. The van der Waals surface area contributed by atoms with E-state index in [2.05, 4.69) is 15.4 Å². The second-order valence-corrected chi connectivity index (χ2v) is 4.96. The molecular formula is C14H18ClF3N2O2. The van der Waals surface area contributed by atoms with E-state index in [1.54, 1.807) is 0 Å². The van der Waals surface area contributed by atoms with Gasteiger partial charge in [0.1, 0.15) is 5.82 Å². The molecule has 1 aromatic rings. The summed E-state index contributed by atoms with van der Waals surface area (Å²) < 4.78 is 41.8. The summed E-state index contributed by atoms with van der Waals surface area (Å²) in [7, 11) is 0. The number of anilines is 1. The van der Waals surface area contributed by atoms with Crippen molar-refractivity contribution in [2.75, 3.05) is 18.4 Å². The zero-order chi connectivity index (χ0) is 15.2. The third-order valence-electron chi connectivity index (χ3n) is 3.38. The number of amides is 1. The van der Waals surface area contributed by atoms with E-state index in [1.165, 1.54) is 6.07 Å². The maximum atomic E-state index is 13.0. The van der Waals surface area contributed by atoms with Gasteiger partial charge in [-0.15, -0.1) is 12.4 Å². The van der Waals surface area contributed by atoms with E-state index in [1.807, 2.05) is 0 Å². The molecule has 2 rings (SSSR count). The van der Waals surface area contributed by atoms with Crippen LogP contribution in [0.25, 0.3) is 0 Å². The van der Waals surface area contributed by atoms with Crippen LogP contribution in [0, 0.1) is 11.7 Å². The Morgan fingerprint density at radius 3 is 2.86 bits per heavy atom. The highest BCUT2D eigenvalue weighted by Crippen LogP contribution is 2.27. The molecule has 0 saturated carbocycles. The van der Waals surface area contributed by atoms with Gasteiger partial charge in [0.2, 0.25) is 5.91 Å². The molecule has 1 atom stereocenters. The van der Waals surface area contributed by atoms with Crippen molar-refractivity contribution in [3.63, 3.8) is 0 Å². The van der Waals surface area contributed by atoms with Gasteiger partial charge >= 0.3 is 6.61 Å². The summed E-state index contributed by atoms with van der Waals surface area (Å²) in [6, 6.07) is 3.11. The van der Waals surface area contributed by atoms with E-state index in [9.17, 15) is 18.0 Å². The van der Waals surface area contributed by atoms with Crippen LogP contribution < -0.4 is 15.4 Å². The van der Waals surface area contributed by atoms with Gasteiger partial charge in [-0.3, -0.25) is 4.79 Å². The summed E-state index contributed by atoms with van der Waals surface area (Å²) in [5, 5.41) is 5.69. The van der Waals surface area contributed by atoms with Gasteiger partial charge in [-0.1, -0.05) is 0 Å². The SMILES string of the molecule is Cl.O=C(CCC1CCNC1)Nc1ccc(F)cc1OC(F)F. The largest absolute Gasteiger partial charge is 0.432 e. The van der Waals surface area contributed by atoms with Crippen LogP contribution >= 0.6 is 12.4 Å². The summed E-state index contributed by atoms with van der Waals surface area (Å²) in [6.45, 7) is -1.23. The first kappa shape index (κ1) is 18.6. The van der Waals surface area contributed by atoms with E-state index < -0.39 is 12.4 Å². The predicted octanol–water partition coefficient (Wildman–Crippen LogP) is 3.18. The molecule has 1 saturated heterocycles. The predicted molar refractivity (Wildman–Crippen MR) is 79.1 cm³/mol. The van der Waals surface area contributed by atoms with Gasteiger partial charge in [0.05, 0.1) is 5.69 Å². The highest BCUT2D eigenvalue weighted by atomic mass is 35.5. The molecule has 1 amide bonds. The molecule has 0 bridgehead atoms. The molecule has 0 radical (unpaired) electrons.